The van der Waals surface area contributed by atoms with Crippen LogP contribution in [0.1, 0.15) is 36.1 Å². The number of rotatable bonds is 3. The molecular weight excluding hydrogens is 234 g/mol. The zero-order valence-electron chi connectivity index (χ0n) is 11.2. The van der Waals surface area contributed by atoms with E-state index < -0.39 is 0 Å². The van der Waals surface area contributed by atoms with Crippen molar-refractivity contribution in [2.75, 3.05) is 5.32 Å². The first-order valence-electron chi connectivity index (χ1n) is 6.93. The van der Waals surface area contributed by atoms with Crippen LogP contribution in [0.3, 0.4) is 0 Å². The van der Waals surface area contributed by atoms with Gasteiger partial charge in [-0.1, -0.05) is 25.1 Å². The summed E-state index contributed by atoms with van der Waals surface area (Å²) in [6.45, 7) is 2.17. The molecule has 0 radical (unpaired) electrons. The summed E-state index contributed by atoms with van der Waals surface area (Å²) in [4.78, 5) is 0. The molecule has 3 rings (SSSR count). The third-order valence-corrected chi connectivity index (χ3v) is 3.91. The number of phenols is 1. The number of aryl methyl sites for hydroxylation is 2. The average molecular weight is 253 g/mol. The third-order valence-electron chi connectivity index (χ3n) is 3.91. The second kappa shape index (κ2) is 4.96. The Hall–Kier alpha value is -1.96. The van der Waals surface area contributed by atoms with Gasteiger partial charge in [0.25, 0.3) is 0 Å². The largest absolute Gasteiger partial charge is 0.508 e. The standard InChI is InChI=1S/C17H19NO/c1-2-12-3-6-14(7-4-12)18-17-10-5-13-11-15(19)8-9-16(13)17/h3-4,6-9,11,17-19H,2,5,10H2,1H3. The van der Waals surface area contributed by atoms with Crippen LogP contribution in [0.4, 0.5) is 5.69 Å². The van der Waals surface area contributed by atoms with E-state index in [1.54, 1.807) is 6.07 Å². The van der Waals surface area contributed by atoms with Gasteiger partial charge in [0.15, 0.2) is 0 Å². The number of nitrogens with one attached hydrogen (secondary N) is 1. The summed E-state index contributed by atoms with van der Waals surface area (Å²) in [5.74, 6) is 0.367. The normalized spacial score (nSPS) is 17.2. The molecule has 0 spiro atoms. The Morgan fingerprint density at radius 2 is 1.95 bits per heavy atom. The molecule has 0 heterocycles. The second-order valence-electron chi connectivity index (χ2n) is 5.17. The fourth-order valence-corrected chi connectivity index (χ4v) is 2.79. The maximum absolute atomic E-state index is 9.51. The van der Waals surface area contributed by atoms with Gasteiger partial charge in [-0.15, -0.1) is 0 Å². The summed E-state index contributed by atoms with van der Waals surface area (Å²) in [6.07, 6.45) is 3.20. The summed E-state index contributed by atoms with van der Waals surface area (Å²) in [5, 5.41) is 13.1. The Kier molecular flexibility index (Phi) is 3.16. The van der Waals surface area contributed by atoms with E-state index in [4.69, 9.17) is 0 Å². The van der Waals surface area contributed by atoms with Gasteiger partial charge in [0.1, 0.15) is 5.75 Å². The van der Waals surface area contributed by atoms with Crippen LogP contribution in [0.5, 0.6) is 5.75 Å². The topological polar surface area (TPSA) is 32.3 Å². The molecule has 98 valence electrons. The molecule has 2 nitrogen and oxygen atoms in total. The van der Waals surface area contributed by atoms with E-state index in [0.717, 1.165) is 19.3 Å². The van der Waals surface area contributed by atoms with E-state index in [9.17, 15) is 5.11 Å². The van der Waals surface area contributed by atoms with E-state index >= 15 is 0 Å². The summed E-state index contributed by atoms with van der Waals surface area (Å²) in [6, 6.07) is 14.7. The van der Waals surface area contributed by atoms with Crippen molar-refractivity contribution in [3.05, 3.63) is 59.2 Å². The summed E-state index contributed by atoms with van der Waals surface area (Å²) in [7, 11) is 0. The van der Waals surface area contributed by atoms with Crippen molar-refractivity contribution in [3.63, 3.8) is 0 Å². The zero-order chi connectivity index (χ0) is 13.2. The minimum absolute atomic E-state index is 0.364. The molecule has 1 atom stereocenters. The van der Waals surface area contributed by atoms with Gasteiger partial charge in [-0.05, 0) is 60.2 Å². The van der Waals surface area contributed by atoms with Gasteiger partial charge in [-0.25, -0.2) is 0 Å². The molecule has 2 aromatic rings. The van der Waals surface area contributed by atoms with E-state index in [1.165, 1.54) is 22.4 Å². The van der Waals surface area contributed by atoms with Crippen molar-refractivity contribution < 1.29 is 5.11 Å². The number of hydrogen-bond acceptors (Lipinski definition) is 2. The molecule has 0 fully saturated rings. The molecule has 0 aromatic heterocycles. The van der Waals surface area contributed by atoms with Gasteiger partial charge in [-0.2, -0.15) is 0 Å². The number of anilines is 1. The van der Waals surface area contributed by atoms with Crippen LogP contribution in [0, 0.1) is 0 Å². The lowest BCUT2D eigenvalue weighted by atomic mass is 10.1. The summed E-state index contributed by atoms with van der Waals surface area (Å²) < 4.78 is 0. The van der Waals surface area contributed by atoms with Crippen molar-refractivity contribution in [2.45, 2.75) is 32.2 Å². The SMILES string of the molecule is CCc1ccc(NC2CCc3cc(O)ccc32)cc1. The second-order valence-corrected chi connectivity index (χ2v) is 5.17. The molecule has 2 N–H and O–H groups in total. The van der Waals surface area contributed by atoms with Crippen LogP contribution in [0.2, 0.25) is 0 Å². The first-order chi connectivity index (χ1) is 9.26. The monoisotopic (exact) mass is 253 g/mol. The van der Waals surface area contributed by atoms with Gasteiger partial charge in [0.2, 0.25) is 0 Å². The van der Waals surface area contributed by atoms with Crippen molar-refractivity contribution >= 4 is 5.69 Å². The predicted molar refractivity (Wildman–Crippen MR) is 78.6 cm³/mol. The lowest BCUT2D eigenvalue weighted by Gasteiger charge is -2.16. The molecule has 1 unspecified atom stereocenters. The number of benzene rings is 2. The van der Waals surface area contributed by atoms with Crippen LogP contribution >= 0.6 is 0 Å². The van der Waals surface area contributed by atoms with Crippen molar-refractivity contribution in [1.29, 1.82) is 0 Å². The van der Waals surface area contributed by atoms with Crippen molar-refractivity contribution in [1.82, 2.24) is 0 Å². The Morgan fingerprint density at radius 1 is 1.16 bits per heavy atom. The maximum Gasteiger partial charge on any atom is 0.115 e. The molecule has 0 saturated heterocycles. The van der Waals surface area contributed by atoms with Gasteiger partial charge in [-0.3, -0.25) is 0 Å². The minimum atomic E-state index is 0.364. The van der Waals surface area contributed by atoms with Crippen LogP contribution in [-0.2, 0) is 12.8 Å². The fraction of sp³-hybridized carbons (Fsp3) is 0.294. The molecule has 19 heavy (non-hydrogen) atoms. The smallest absolute Gasteiger partial charge is 0.115 e. The van der Waals surface area contributed by atoms with Gasteiger partial charge >= 0.3 is 0 Å². The molecule has 0 aliphatic heterocycles. The van der Waals surface area contributed by atoms with Crippen LogP contribution in [-0.4, -0.2) is 5.11 Å². The molecule has 0 bridgehead atoms. The van der Waals surface area contributed by atoms with Gasteiger partial charge in [0, 0.05) is 5.69 Å². The van der Waals surface area contributed by atoms with Crippen LogP contribution in [0.15, 0.2) is 42.5 Å². The summed E-state index contributed by atoms with van der Waals surface area (Å²) >= 11 is 0. The fourth-order valence-electron chi connectivity index (χ4n) is 2.79. The first kappa shape index (κ1) is 12.1. The number of hydrogen-bond donors (Lipinski definition) is 2. The zero-order valence-corrected chi connectivity index (χ0v) is 11.2. The average Bonchev–Trinajstić information content (AvgIpc) is 2.82. The van der Waals surface area contributed by atoms with E-state index in [0.29, 0.717) is 11.8 Å². The number of phenolic OH excluding ortho intramolecular Hbond substituents is 1. The lowest BCUT2D eigenvalue weighted by Crippen LogP contribution is -2.06. The molecule has 2 aromatic carbocycles. The molecule has 0 amide bonds. The first-order valence-corrected chi connectivity index (χ1v) is 6.93. The van der Waals surface area contributed by atoms with Crippen LogP contribution < -0.4 is 5.32 Å². The predicted octanol–water partition coefficient (Wildman–Crippen LogP) is 4.05. The number of aromatic hydroxyl groups is 1. The van der Waals surface area contributed by atoms with Gasteiger partial charge < -0.3 is 10.4 Å². The third kappa shape index (κ3) is 2.43. The molecule has 2 heteroatoms. The molecule has 1 aliphatic rings. The minimum Gasteiger partial charge on any atom is -0.508 e. The van der Waals surface area contributed by atoms with E-state index in [1.807, 2.05) is 12.1 Å². The maximum atomic E-state index is 9.51. The van der Waals surface area contributed by atoms with E-state index in [-0.39, 0.29) is 0 Å². The highest BCUT2D eigenvalue weighted by atomic mass is 16.3. The van der Waals surface area contributed by atoms with Crippen molar-refractivity contribution in [3.8, 4) is 5.75 Å². The Morgan fingerprint density at radius 3 is 2.68 bits per heavy atom. The number of fused-ring (bicyclic) bond motifs is 1. The Labute approximate surface area is 114 Å². The van der Waals surface area contributed by atoms with Crippen LogP contribution in [0.25, 0.3) is 0 Å². The van der Waals surface area contributed by atoms with E-state index in [2.05, 4.69) is 36.5 Å². The van der Waals surface area contributed by atoms with Crippen molar-refractivity contribution in [2.24, 2.45) is 0 Å². The molecule has 0 saturated carbocycles. The molecule has 1 aliphatic carbocycles. The highest BCUT2D eigenvalue weighted by Crippen LogP contribution is 2.35. The summed E-state index contributed by atoms with van der Waals surface area (Å²) in [5.41, 5.74) is 5.12. The highest BCUT2D eigenvalue weighted by Gasteiger charge is 2.22. The lowest BCUT2D eigenvalue weighted by molar-refractivity contribution is 0.474. The quantitative estimate of drug-likeness (QED) is 0.864. The Balaban J connectivity index is 1.78. The molecular formula is C17H19NO. The highest BCUT2D eigenvalue weighted by molar-refractivity contribution is 5.50. The van der Waals surface area contributed by atoms with Gasteiger partial charge in [0.05, 0.1) is 6.04 Å². The Bertz CT molecular complexity index is 574.